The first-order valence-electron chi connectivity index (χ1n) is 5.13. The second-order valence-electron chi connectivity index (χ2n) is 4.89. The predicted molar refractivity (Wildman–Crippen MR) is 67.4 cm³/mol. The number of hydrogen-bond acceptors (Lipinski definition) is 4. The van der Waals surface area contributed by atoms with Crippen LogP contribution < -0.4 is 5.73 Å². The first kappa shape index (κ1) is 11.1. The molecule has 0 fully saturated rings. The number of aryl methyl sites for hydroxylation is 1. The molecule has 2 heterocycles. The van der Waals surface area contributed by atoms with Crippen molar-refractivity contribution in [3.05, 3.63) is 17.3 Å². The van der Waals surface area contributed by atoms with Crippen LogP contribution in [0.1, 0.15) is 26.5 Å². The lowest BCUT2D eigenvalue weighted by molar-refractivity contribution is 0.554. The quantitative estimate of drug-likeness (QED) is 0.827. The van der Waals surface area contributed by atoms with Gasteiger partial charge >= 0.3 is 0 Å². The molecule has 0 atom stereocenters. The Morgan fingerprint density at radius 2 is 2.06 bits per heavy atom. The monoisotopic (exact) mass is 236 g/mol. The fraction of sp³-hybridized carbons (Fsp3) is 0.455. The Labute approximate surface area is 99.1 Å². The molecule has 0 bridgehead atoms. The van der Waals surface area contributed by atoms with Gasteiger partial charge in [-0.3, -0.25) is 4.68 Å². The van der Waals surface area contributed by atoms with E-state index in [2.05, 4.69) is 30.9 Å². The number of nitrogens with zero attached hydrogens (tertiary/aromatic N) is 3. The van der Waals surface area contributed by atoms with Gasteiger partial charge in [-0.1, -0.05) is 20.8 Å². The van der Waals surface area contributed by atoms with Gasteiger partial charge in [0.1, 0.15) is 0 Å². The molecule has 2 N–H and O–H groups in total. The summed E-state index contributed by atoms with van der Waals surface area (Å²) < 4.78 is 1.82. The normalized spacial score (nSPS) is 12.0. The molecule has 0 aromatic carbocycles. The Bertz CT molecular complexity index is 504. The van der Waals surface area contributed by atoms with Crippen molar-refractivity contribution < 1.29 is 0 Å². The first-order valence-corrected chi connectivity index (χ1v) is 6.01. The van der Waals surface area contributed by atoms with Crippen molar-refractivity contribution >= 4 is 16.5 Å². The van der Waals surface area contributed by atoms with E-state index in [1.807, 2.05) is 23.3 Å². The molecule has 5 heteroatoms. The van der Waals surface area contributed by atoms with Crippen molar-refractivity contribution in [2.45, 2.75) is 26.2 Å². The molecule has 4 nitrogen and oxygen atoms in total. The maximum atomic E-state index is 5.66. The second kappa shape index (κ2) is 3.59. The minimum Gasteiger partial charge on any atom is -0.375 e. The Kier molecular flexibility index (Phi) is 2.50. The number of aromatic nitrogens is 3. The van der Waals surface area contributed by atoms with Crippen LogP contribution in [0.3, 0.4) is 0 Å². The highest BCUT2D eigenvalue weighted by Gasteiger charge is 2.23. The Morgan fingerprint density at radius 3 is 2.56 bits per heavy atom. The lowest BCUT2D eigenvalue weighted by Gasteiger charge is -2.16. The molecule has 0 aliphatic carbocycles. The zero-order chi connectivity index (χ0) is 11.9. The van der Waals surface area contributed by atoms with Crippen LogP contribution in [0.5, 0.6) is 0 Å². The lowest BCUT2D eigenvalue weighted by Crippen LogP contribution is -2.13. The van der Waals surface area contributed by atoms with E-state index in [1.165, 1.54) is 11.3 Å². The summed E-state index contributed by atoms with van der Waals surface area (Å²) in [5.74, 6) is 0. The molecule has 0 radical (unpaired) electrons. The van der Waals surface area contributed by atoms with Gasteiger partial charge in [0, 0.05) is 29.6 Å². The molecular weight excluding hydrogens is 220 g/mol. The molecule has 0 saturated heterocycles. The van der Waals surface area contributed by atoms with E-state index in [0.29, 0.717) is 5.13 Å². The van der Waals surface area contributed by atoms with Crippen LogP contribution in [0.25, 0.3) is 11.3 Å². The summed E-state index contributed by atoms with van der Waals surface area (Å²) >= 11 is 1.46. The molecule has 2 aromatic heterocycles. The highest BCUT2D eigenvalue weighted by Crippen LogP contribution is 2.32. The van der Waals surface area contributed by atoms with Crippen molar-refractivity contribution in [1.82, 2.24) is 14.8 Å². The SMILES string of the molecule is Cn1cc(-c2csc(N)n2)c(C(C)(C)C)n1. The fourth-order valence-corrected chi connectivity index (χ4v) is 2.20. The van der Waals surface area contributed by atoms with E-state index in [9.17, 15) is 0 Å². The van der Waals surface area contributed by atoms with Crippen molar-refractivity contribution in [3.63, 3.8) is 0 Å². The highest BCUT2D eigenvalue weighted by atomic mass is 32.1. The molecule has 2 aromatic rings. The molecule has 0 aliphatic heterocycles. The largest absolute Gasteiger partial charge is 0.375 e. The van der Waals surface area contributed by atoms with Crippen LogP contribution in [0.2, 0.25) is 0 Å². The van der Waals surface area contributed by atoms with E-state index in [4.69, 9.17) is 5.73 Å². The van der Waals surface area contributed by atoms with Gasteiger partial charge < -0.3 is 5.73 Å². The molecule has 86 valence electrons. The number of hydrogen-bond donors (Lipinski definition) is 1. The lowest BCUT2D eigenvalue weighted by atomic mass is 9.89. The smallest absolute Gasteiger partial charge is 0.180 e. The standard InChI is InChI=1S/C11H16N4S/c1-11(2,3)9-7(5-15(4)14-9)8-6-16-10(12)13-8/h5-6H,1-4H3,(H2,12,13). The van der Waals surface area contributed by atoms with Crippen LogP contribution in [0.4, 0.5) is 5.13 Å². The number of rotatable bonds is 1. The van der Waals surface area contributed by atoms with E-state index in [1.54, 1.807) is 0 Å². The summed E-state index contributed by atoms with van der Waals surface area (Å²) in [6.45, 7) is 6.44. The predicted octanol–water partition coefficient (Wildman–Crippen LogP) is 2.42. The minimum atomic E-state index is 0.00890. The number of nitrogens with two attached hydrogens (primary N) is 1. The summed E-state index contributed by atoms with van der Waals surface area (Å²) in [7, 11) is 1.93. The van der Waals surface area contributed by atoms with Crippen molar-refractivity contribution in [2.24, 2.45) is 7.05 Å². The Hall–Kier alpha value is -1.36. The van der Waals surface area contributed by atoms with Crippen LogP contribution in [-0.2, 0) is 12.5 Å². The number of anilines is 1. The third kappa shape index (κ3) is 1.95. The molecule has 0 aliphatic rings. The van der Waals surface area contributed by atoms with Gasteiger partial charge in [0.15, 0.2) is 5.13 Å². The molecule has 0 spiro atoms. The summed E-state index contributed by atoms with van der Waals surface area (Å²) in [4.78, 5) is 4.31. The van der Waals surface area contributed by atoms with Gasteiger partial charge in [-0.25, -0.2) is 4.98 Å². The average molecular weight is 236 g/mol. The van der Waals surface area contributed by atoms with E-state index < -0.39 is 0 Å². The third-order valence-corrected chi connectivity index (χ3v) is 3.01. The van der Waals surface area contributed by atoms with Crippen LogP contribution in [0, 0.1) is 0 Å². The Morgan fingerprint density at radius 1 is 1.38 bits per heavy atom. The minimum absolute atomic E-state index is 0.00890. The van der Waals surface area contributed by atoms with Gasteiger partial charge in [-0.2, -0.15) is 5.10 Å². The van der Waals surface area contributed by atoms with E-state index >= 15 is 0 Å². The number of nitrogen functional groups attached to an aromatic ring is 1. The van der Waals surface area contributed by atoms with Gasteiger partial charge in [-0.15, -0.1) is 11.3 Å². The van der Waals surface area contributed by atoms with Crippen molar-refractivity contribution in [2.75, 3.05) is 5.73 Å². The molecule has 16 heavy (non-hydrogen) atoms. The number of thiazole rings is 1. The van der Waals surface area contributed by atoms with Gasteiger partial charge in [-0.05, 0) is 0 Å². The third-order valence-electron chi connectivity index (χ3n) is 2.34. The van der Waals surface area contributed by atoms with Gasteiger partial charge in [0.2, 0.25) is 0 Å². The van der Waals surface area contributed by atoms with Crippen molar-refractivity contribution in [1.29, 1.82) is 0 Å². The summed E-state index contributed by atoms with van der Waals surface area (Å²) in [5.41, 5.74) is 8.72. The molecule has 0 unspecified atom stereocenters. The molecule has 0 saturated carbocycles. The summed E-state index contributed by atoms with van der Waals surface area (Å²) in [6, 6.07) is 0. The average Bonchev–Trinajstić information content (AvgIpc) is 2.70. The first-order chi connectivity index (χ1) is 7.38. The van der Waals surface area contributed by atoms with Crippen LogP contribution in [0.15, 0.2) is 11.6 Å². The zero-order valence-corrected chi connectivity index (χ0v) is 10.8. The van der Waals surface area contributed by atoms with Gasteiger partial charge in [0.25, 0.3) is 0 Å². The molecule has 0 amide bonds. The van der Waals surface area contributed by atoms with Gasteiger partial charge in [0.05, 0.1) is 11.4 Å². The maximum absolute atomic E-state index is 5.66. The summed E-state index contributed by atoms with van der Waals surface area (Å²) in [6.07, 6.45) is 2.00. The summed E-state index contributed by atoms with van der Waals surface area (Å²) in [5, 5.41) is 7.08. The topological polar surface area (TPSA) is 56.7 Å². The molecular formula is C11H16N4S. The maximum Gasteiger partial charge on any atom is 0.180 e. The van der Waals surface area contributed by atoms with E-state index in [0.717, 1.165) is 17.0 Å². The fourth-order valence-electron chi connectivity index (χ4n) is 1.64. The Balaban J connectivity index is 2.57. The zero-order valence-electron chi connectivity index (χ0n) is 9.98. The van der Waals surface area contributed by atoms with Crippen LogP contribution >= 0.6 is 11.3 Å². The highest BCUT2D eigenvalue weighted by molar-refractivity contribution is 7.13. The van der Waals surface area contributed by atoms with Crippen molar-refractivity contribution in [3.8, 4) is 11.3 Å². The molecule has 2 rings (SSSR count). The van der Waals surface area contributed by atoms with E-state index in [-0.39, 0.29) is 5.41 Å². The van der Waals surface area contributed by atoms with Crippen LogP contribution in [-0.4, -0.2) is 14.8 Å². The second-order valence-corrected chi connectivity index (χ2v) is 5.78.